The first-order chi connectivity index (χ1) is 9.60. The molecule has 0 saturated carbocycles. The van der Waals surface area contributed by atoms with Crippen LogP contribution in [0.2, 0.25) is 0 Å². The summed E-state index contributed by atoms with van der Waals surface area (Å²) in [5.74, 6) is 0.771. The number of carbonyl (C=O) groups excluding carboxylic acids is 1. The molecule has 1 aromatic carbocycles. The Morgan fingerprint density at radius 3 is 2.90 bits per heavy atom. The summed E-state index contributed by atoms with van der Waals surface area (Å²) in [5.41, 5.74) is 7.41. The van der Waals surface area contributed by atoms with Crippen molar-refractivity contribution in [3.05, 3.63) is 29.1 Å². The smallest absolute Gasteiger partial charge is 0.171 e. The zero-order chi connectivity index (χ0) is 14.3. The number of aromatic nitrogens is 1. The fourth-order valence-corrected chi connectivity index (χ4v) is 3.17. The molecule has 0 aliphatic carbocycles. The minimum Gasteiger partial charge on any atom is -0.494 e. The fraction of sp³-hybridized carbons (Fsp3) is 0.200. The average molecular weight is 286 g/mol. The van der Waals surface area contributed by atoms with Gasteiger partial charge in [-0.2, -0.15) is 0 Å². The lowest BCUT2D eigenvalue weighted by atomic mass is 10.1. The summed E-state index contributed by atoms with van der Waals surface area (Å²) in [6, 6.07) is 7.75. The van der Waals surface area contributed by atoms with Gasteiger partial charge in [0.2, 0.25) is 0 Å². The number of hydrogen-bond acceptors (Lipinski definition) is 5. The Morgan fingerprint density at radius 1 is 1.40 bits per heavy atom. The number of rotatable bonds is 3. The number of carbonyl (C=O) groups is 1. The molecule has 0 unspecified atom stereocenters. The van der Waals surface area contributed by atoms with E-state index in [1.807, 2.05) is 31.2 Å². The number of Topliss-reactive ketones (excluding diaryl/α,β-unsaturated/α-hetero) is 1. The highest BCUT2D eigenvalue weighted by Gasteiger charge is 2.14. The molecule has 3 rings (SSSR count). The molecule has 20 heavy (non-hydrogen) atoms. The molecule has 102 valence electrons. The standard InChI is InChI=1S/C15H14N2O2S/c1-3-19-10-5-4-9-6-11-13(16)14(8(2)18)20-15(11)17-12(9)7-10/h4-7H,3,16H2,1-2H3. The number of ether oxygens (including phenoxy) is 1. The fourth-order valence-electron chi connectivity index (χ4n) is 2.19. The van der Waals surface area contributed by atoms with Gasteiger partial charge in [0.05, 0.1) is 22.7 Å². The normalized spacial score (nSPS) is 11.1. The van der Waals surface area contributed by atoms with E-state index in [1.54, 1.807) is 0 Å². The highest BCUT2D eigenvalue weighted by atomic mass is 32.1. The second kappa shape index (κ2) is 4.76. The van der Waals surface area contributed by atoms with Crippen LogP contribution in [0.1, 0.15) is 23.5 Å². The molecule has 0 aliphatic rings. The highest BCUT2D eigenvalue weighted by Crippen LogP contribution is 2.35. The van der Waals surface area contributed by atoms with Crippen LogP contribution in [0.3, 0.4) is 0 Å². The number of nitrogens with two attached hydrogens (primary N) is 1. The summed E-state index contributed by atoms with van der Waals surface area (Å²) in [6.45, 7) is 4.09. The van der Waals surface area contributed by atoms with E-state index in [1.165, 1.54) is 18.3 Å². The van der Waals surface area contributed by atoms with E-state index >= 15 is 0 Å². The number of ketones is 1. The van der Waals surface area contributed by atoms with Crippen molar-refractivity contribution in [2.75, 3.05) is 12.3 Å². The van der Waals surface area contributed by atoms with Crippen molar-refractivity contribution in [3.8, 4) is 5.75 Å². The molecule has 0 atom stereocenters. The molecule has 5 heteroatoms. The molecule has 0 radical (unpaired) electrons. The van der Waals surface area contributed by atoms with Crippen molar-refractivity contribution in [3.63, 3.8) is 0 Å². The summed E-state index contributed by atoms with van der Waals surface area (Å²) in [7, 11) is 0. The molecule has 2 heterocycles. The van der Waals surface area contributed by atoms with E-state index in [0.717, 1.165) is 26.9 Å². The number of pyridine rings is 1. The third kappa shape index (κ3) is 2.00. The molecular weight excluding hydrogens is 272 g/mol. The van der Waals surface area contributed by atoms with Gasteiger partial charge in [-0.15, -0.1) is 11.3 Å². The SMILES string of the molecule is CCOc1ccc2cc3c(N)c(C(C)=O)sc3nc2c1. The van der Waals surface area contributed by atoms with Crippen LogP contribution in [0.5, 0.6) is 5.75 Å². The summed E-state index contributed by atoms with van der Waals surface area (Å²) >= 11 is 1.34. The number of anilines is 1. The van der Waals surface area contributed by atoms with E-state index in [0.29, 0.717) is 17.2 Å². The largest absolute Gasteiger partial charge is 0.494 e. The number of nitrogens with zero attached hydrogens (tertiary/aromatic N) is 1. The van der Waals surface area contributed by atoms with E-state index in [9.17, 15) is 4.79 Å². The Bertz CT molecular complexity index is 823. The lowest BCUT2D eigenvalue weighted by molar-refractivity contribution is 0.102. The van der Waals surface area contributed by atoms with Crippen LogP contribution in [-0.2, 0) is 0 Å². The van der Waals surface area contributed by atoms with Gasteiger partial charge in [-0.25, -0.2) is 4.98 Å². The van der Waals surface area contributed by atoms with Crippen LogP contribution in [0.25, 0.3) is 21.1 Å². The number of fused-ring (bicyclic) bond motifs is 2. The Balaban J connectivity index is 2.26. The van der Waals surface area contributed by atoms with Gasteiger partial charge in [0, 0.05) is 23.8 Å². The first-order valence-corrected chi connectivity index (χ1v) is 7.18. The summed E-state index contributed by atoms with van der Waals surface area (Å²) < 4.78 is 5.48. The van der Waals surface area contributed by atoms with Crippen LogP contribution in [-0.4, -0.2) is 17.4 Å². The molecule has 0 spiro atoms. The van der Waals surface area contributed by atoms with Gasteiger partial charge >= 0.3 is 0 Å². The van der Waals surface area contributed by atoms with Gasteiger partial charge in [0.15, 0.2) is 5.78 Å². The molecule has 0 fully saturated rings. The van der Waals surface area contributed by atoms with Gasteiger partial charge < -0.3 is 10.5 Å². The maximum atomic E-state index is 11.6. The van der Waals surface area contributed by atoms with Gasteiger partial charge in [0.25, 0.3) is 0 Å². The molecule has 2 N–H and O–H groups in total. The molecular formula is C15H14N2O2S. The quantitative estimate of drug-likeness (QED) is 0.747. The van der Waals surface area contributed by atoms with E-state index in [4.69, 9.17) is 10.5 Å². The number of nitrogen functional groups attached to an aromatic ring is 1. The summed E-state index contributed by atoms with van der Waals surface area (Å²) in [5, 5.41) is 1.83. The third-order valence-corrected chi connectivity index (χ3v) is 4.33. The van der Waals surface area contributed by atoms with Gasteiger partial charge in [0.1, 0.15) is 10.6 Å². The monoisotopic (exact) mass is 286 g/mol. The minimum atomic E-state index is -0.0236. The molecule has 2 aromatic heterocycles. The molecule has 0 aliphatic heterocycles. The van der Waals surface area contributed by atoms with Gasteiger partial charge in [-0.05, 0) is 25.1 Å². The van der Waals surface area contributed by atoms with Crippen LogP contribution in [0.4, 0.5) is 5.69 Å². The van der Waals surface area contributed by atoms with E-state index < -0.39 is 0 Å². The van der Waals surface area contributed by atoms with Crippen LogP contribution in [0.15, 0.2) is 24.3 Å². The second-order valence-electron chi connectivity index (χ2n) is 4.53. The summed E-state index contributed by atoms with van der Waals surface area (Å²) in [6.07, 6.45) is 0. The molecule has 3 aromatic rings. The zero-order valence-corrected chi connectivity index (χ0v) is 12.1. The highest BCUT2D eigenvalue weighted by molar-refractivity contribution is 7.21. The van der Waals surface area contributed by atoms with Crippen LogP contribution in [0, 0.1) is 0 Å². The van der Waals surface area contributed by atoms with Crippen molar-refractivity contribution in [2.45, 2.75) is 13.8 Å². The predicted molar refractivity (Wildman–Crippen MR) is 82.7 cm³/mol. The van der Waals surface area contributed by atoms with Gasteiger partial charge in [-0.3, -0.25) is 4.79 Å². The minimum absolute atomic E-state index is 0.0236. The first-order valence-electron chi connectivity index (χ1n) is 6.36. The average Bonchev–Trinajstić information content (AvgIpc) is 2.74. The lowest BCUT2D eigenvalue weighted by Gasteiger charge is -2.04. The molecule has 0 bridgehead atoms. The number of thiophene rings is 1. The number of hydrogen-bond donors (Lipinski definition) is 1. The van der Waals surface area contributed by atoms with Crippen LogP contribution >= 0.6 is 11.3 Å². The maximum absolute atomic E-state index is 11.6. The van der Waals surface area contributed by atoms with E-state index in [2.05, 4.69) is 4.98 Å². The Labute approximate surface area is 120 Å². The predicted octanol–water partition coefficient (Wildman–Crippen LogP) is 3.63. The van der Waals surface area contributed by atoms with Crippen molar-refractivity contribution in [1.82, 2.24) is 4.98 Å². The van der Waals surface area contributed by atoms with Crippen molar-refractivity contribution >= 4 is 43.9 Å². The zero-order valence-electron chi connectivity index (χ0n) is 11.3. The second-order valence-corrected chi connectivity index (χ2v) is 5.53. The molecule has 0 saturated heterocycles. The number of benzene rings is 1. The maximum Gasteiger partial charge on any atom is 0.171 e. The Kier molecular flexibility index (Phi) is 3.06. The van der Waals surface area contributed by atoms with Crippen LogP contribution < -0.4 is 10.5 Å². The molecule has 0 amide bonds. The molecule has 4 nitrogen and oxygen atoms in total. The van der Waals surface area contributed by atoms with E-state index in [-0.39, 0.29) is 5.78 Å². The lowest BCUT2D eigenvalue weighted by Crippen LogP contribution is -1.94. The summed E-state index contributed by atoms with van der Waals surface area (Å²) in [4.78, 5) is 17.5. The first kappa shape index (κ1) is 12.9. The van der Waals surface area contributed by atoms with Crippen molar-refractivity contribution in [2.24, 2.45) is 0 Å². The third-order valence-electron chi connectivity index (χ3n) is 3.12. The Morgan fingerprint density at radius 2 is 2.20 bits per heavy atom. The Hall–Kier alpha value is -2.14. The topological polar surface area (TPSA) is 65.2 Å². The van der Waals surface area contributed by atoms with Crippen molar-refractivity contribution in [1.29, 1.82) is 0 Å². The van der Waals surface area contributed by atoms with Gasteiger partial charge in [-0.1, -0.05) is 0 Å². The van der Waals surface area contributed by atoms with Crippen molar-refractivity contribution < 1.29 is 9.53 Å².